The minimum Gasteiger partial charge on any atom is -0.377 e. The topological polar surface area (TPSA) is 30.5 Å². The van der Waals surface area contributed by atoms with Gasteiger partial charge in [-0.25, -0.2) is 0 Å². The van der Waals surface area contributed by atoms with Crippen molar-refractivity contribution < 1.29 is 9.47 Å². The van der Waals surface area contributed by atoms with Crippen LogP contribution >= 0.6 is 0 Å². The molecule has 3 nitrogen and oxygen atoms in total. The molecular weight excluding hydrogens is 190 g/mol. The van der Waals surface area contributed by atoms with Gasteiger partial charge in [0.1, 0.15) is 0 Å². The smallest absolute Gasteiger partial charge is 0.0856 e. The van der Waals surface area contributed by atoms with Crippen LogP contribution in [0.2, 0.25) is 0 Å². The van der Waals surface area contributed by atoms with Gasteiger partial charge in [0, 0.05) is 19.0 Å². The molecule has 0 radical (unpaired) electrons. The molecule has 0 amide bonds. The molecule has 0 aromatic rings. The van der Waals surface area contributed by atoms with E-state index in [4.69, 9.17) is 9.47 Å². The fourth-order valence-electron chi connectivity index (χ4n) is 2.74. The second kappa shape index (κ2) is 5.10. The number of hydrogen-bond acceptors (Lipinski definition) is 3. The van der Waals surface area contributed by atoms with Crippen molar-refractivity contribution in [2.24, 2.45) is 5.92 Å². The molecule has 2 atom stereocenters. The van der Waals surface area contributed by atoms with E-state index >= 15 is 0 Å². The third kappa shape index (κ3) is 2.41. The number of morpholine rings is 1. The van der Waals surface area contributed by atoms with E-state index in [0.29, 0.717) is 12.5 Å². The molecule has 0 aromatic heterocycles. The molecule has 1 aliphatic heterocycles. The Morgan fingerprint density at radius 1 is 1.60 bits per heavy atom. The molecule has 2 aliphatic rings. The van der Waals surface area contributed by atoms with E-state index in [1.165, 1.54) is 19.3 Å². The summed E-state index contributed by atoms with van der Waals surface area (Å²) in [7, 11) is 0. The van der Waals surface area contributed by atoms with Crippen molar-refractivity contribution in [2.45, 2.75) is 24.9 Å². The van der Waals surface area contributed by atoms with Gasteiger partial charge in [-0.3, -0.25) is 0 Å². The van der Waals surface area contributed by atoms with Crippen molar-refractivity contribution in [2.75, 3.05) is 32.9 Å². The third-order valence-electron chi connectivity index (χ3n) is 3.54. The number of nitrogens with one attached hydrogen (secondary N) is 1. The molecule has 0 unspecified atom stereocenters. The van der Waals surface area contributed by atoms with Gasteiger partial charge < -0.3 is 14.8 Å². The highest BCUT2D eigenvalue weighted by Gasteiger charge is 2.44. The molecule has 0 aromatic carbocycles. The zero-order valence-corrected chi connectivity index (χ0v) is 9.34. The Bertz CT molecular complexity index is 212. The maximum Gasteiger partial charge on any atom is 0.0856 e. The SMILES string of the molecule is C=CCOC[C@@H]1CCC[C@@]12CNCCO2. The van der Waals surface area contributed by atoms with Gasteiger partial charge in [0.25, 0.3) is 0 Å². The van der Waals surface area contributed by atoms with Crippen LogP contribution < -0.4 is 5.32 Å². The molecule has 3 heteroatoms. The van der Waals surface area contributed by atoms with E-state index in [1.807, 2.05) is 6.08 Å². The summed E-state index contributed by atoms with van der Waals surface area (Å²) >= 11 is 0. The van der Waals surface area contributed by atoms with Gasteiger partial charge in [0.15, 0.2) is 0 Å². The molecule has 1 saturated heterocycles. The van der Waals surface area contributed by atoms with Crippen molar-refractivity contribution in [3.05, 3.63) is 12.7 Å². The van der Waals surface area contributed by atoms with Crippen LogP contribution in [0.1, 0.15) is 19.3 Å². The van der Waals surface area contributed by atoms with Gasteiger partial charge in [0.2, 0.25) is 0 Å². The quantitative estimate of drug-likeness (QED) is 0.562. The van der Waals surface area contributed by atoms with Crippen molar-refractivity contribution in [3.8, 4) is 0 Å². The number of ether oxygens (including phenoxy) is 2. The summed E-state index contributed by atoms with van der Waals surface area (Å²) < 4.78 is 11.6. The van der Waals surface area contributed by atoms with Crippen LogP contribution in [0.5, 0.6) is 0 Å². The van der Waals surface area contributed by atoms with Gasteiger partial charge in [-0.05, 0) is 12.8 Å². The average Bonchev–Trinajstić information content (AvgIpc) is 2.63. The second-order valence-corrected chi connectivity index (χ2v) is 4.51. The van der Waals surface area contributed by atoms with Gasteiger partial charge in [0.05, 0.1) is 25.4 Å². The number of hydrogen-bond donors (Lipinski definition) is 1. The predicted molar refractivity (Wildman–Crippen MR) is 59.9 cm³/mol. The molecule has 1 heterocycles. The third-order valence-corrected chi connectivity index (χ3v) is 3.54. The largest absolute Gasteiger partial charge is 0.377 e. The minimum absolute atomic E-state index is 0.0689. The molecule has 1 aliphatic carbocycles. The van der Waals surface area contributed by atoms with Crippen molar-refractivity contribution >= 4 is 0 Å². The molecular formula is C12H21NO2. The summed E-state index contributed by atoms with van der Waals surface area (Å²) in [5.41, 5.74) is 0.0689. The van der Waals surface area contributed by atoms with Gasteiger partial charge in [-0.1, -0.05) is 12.5 Å². The second-order valence-electron chi connectivity index (χ2n) is 4.51. The summed E-state index contributed by atoms with van der Waals surface area (Å²) in [4.78, 5) is 0. The molecule has 1 spiro atoms. The van der Waals surface area contributed by atoms with E-state index in [1.54, 1.807) is 0 Å². The summed E-state index contributed by atoms with van der Waals surface area (Å²) in [5.74, 6) is 0.560. The standard InChI is InChI=1S/C12H21NO2/c1-2-7-14-9-11-4-3-5-12(11)10-13-6-8-15-12/h2,11,13H,1,3-10H2/t11-,12+/m0/s1. The van der Waals surface area contributed by atoms with Crippen molar-refractivity contribution in [1.29, 1.82) is 0 Å². The molecule has 2 fully saturated rings. The molecule has 15 heavy (non-hydrogen) atoms. The van der Waals surface area contributed by atoms with Gasteiger partial charge in [-0.2, -0.15) is 0 Å². The van der Waals surface area contributed by atoms with E-state index in [-0.39, 0.29) is 5.60 Å². The highest BCUT2D eigenvalue weighted by molar-refractivity contribution is 4.97. The molecule has 0 bridgehead atoms. The Kier molecular flexibility index (Phi) is 3.78. The van der Waals surface area contributed by atoms with E-state index < -0.39 is 0 Å². The number of rotatable bonds is 4. The lowest BCUT2D eigenvalue weighted by molar-refractivity contribution is -0.105. The maximum atomic E-state index is 6.00. The van der Waals surface area contributed by atoms with Crippen molar-refractivity contribution in [3.63, 3.8) is 0 Å². The van der Waals surface area contributed by atoms with Crippen LogP contribution in [0.25, 0.3) is 0 Å². The van der Waals surface area contributed by atoms with Crippen LogP contribution in [0.15, 0.2) is 12.7 Å². The van der Waals surface area contributed by atoms with Gasteiger partial charge in [-0.15, -0.1) is 6.58 Å². The normalized spacial score (nSPS) is 35.9. The lowest BCUT2D eigenvalue weighted by atomic mass is 9.90. The molecule has 1 N–H and O–H groups in total. The maximum absolute atomic E-state index is 6.00. The molecule has 2 rings (SSSR count). The Hall–Kier alpha value is -0.380. The summed E-state index contributed by atoms with van der Waals surface area (Å²) in [6.07, 6.45) is 5.49. The summed E-state index contributed by atoms with van der Waals surface area (Å²) in [6, 6.07) is 0. The molecule has 86 valence electrons. The first-order chi connectivity index (χ1) is 7.37. The molecule has 1 saturated carbocycles. The Labute approximate surface area is 91.8 Å². The monoisotopic (exact) mass is 211 g/mol. The first-order valence-corrected chi connectivity index (χ1v) is 5.91. The van der Waals surface area contributed by atoms with Crippen LogP contribution in [0, 0.1) is 5.92 Å². The predicted octanol–water partition coefficient (Wildman–Crippen LogP) is 1.35. The minimum atomic E-state index is 0.0689. The van der Waals surface area contributed by atoms with Gasteiger partial charge >= 0.3 is 0 Å². The van der Waals surface area contributed by atoms with E-state index in [2.05, 4.69) is 11.9 Å². The lowest BCUT2D eigenvalue weighted by Gasteiger charge is -2.39. The summed E-state index contributed by atoms with van der Waals surface area (Å²) in [6.45, 7) is 7.95. The van der Waals surface area contributed by atoms with E-state index in [9.17, 15) is 0 Å². The summed E-state index contributed by atoms with van der Waals surface area (Å²) in [5, 5.41) is 3.44. The lowest BCUT2D eigenvalue weighted by Crippen LogP contribution is -2.53. The van der Waals surface area contributed by atoms with Crippen LogP contribution in [-0.4, -0.2) is 38.5 Å². The van der Waals surface area contributed by atoms with Crippen molar-refractivity contribution in [1.82, 2.24) is 5.32 Å². The zero-order chi connectivity index (χ0) is 10.6. The fourth-order valence-corrected chi connectivity index (χ4v) is 2.74. The first kappa shape index (κ1) is 11.1. The fraction of sp³-hybridized carbons (Fsp3) is 0.833. The van der Waals surface area contributed by atoms with Crippen LogP contribution in [-0.2, 0) is 9.47 Å². The van der Waals surface area contributed by atoms with E-state index in [0.717, 1.165) is 26.3 Å². The van der Waals surface area contributed by atoms with Crippen LogP contribution in [0.4, 0.5) is 0 Å². The average molecular weight is 211 g/mol. The Morgan fingerprint density at radius 2 is 2.53 bits per heavy atom. The highest BCUT2D eigenvalue weighted by atomic mass is 16.5. The zero-order valence-electron chi connectivity index (χ0n) is 9.34. The highest BCUT2D eigenvalue weighted by Crippen LogP contribution is 2.39. The van der Waals surface area contributed by atoms with Crippen LogP contribution in [0.3, 0.4) is 0 Å². The first-order valence-electron chi connectivity index (χ1n) is 5.91. The Balaban J connectivity index is 1.88. The Morgan fingerprint density at radius 3 is 3.27 bits per heavy atom.